The zero-order chi connectivity index (χ0) is 27.9. The van der Waals surface area contributed by atoms with E-state index in [0.717, 1.165) is 36.8 Å². The molecule has 0 amide bonds. The number of halogens is 4. The molecule has 2 atom stereocenters. The van der Waals surface area contributed by atoms with Crippen LogP contribution in [0.5, 0.6) is 0 Å². The van der Waals surface area contributed by atoms with Crippen molar-refractivity contribution in [3.8, 4) is 0 Å². The van der Waals surface area contributed by atoms with Crippen molar-refractivity contribution >= 4 is 23.3 Å². The van der Waals surface area contributed by atoms with Crippen LogP contribution in [0.15, 0.2) is 24.4 Å². The molecule has 1 aromatic carbocycles. The number of hydrogen-bond donors (Lipinski definition) is 5. The predicted molar refractivity (Wildman–Crippen MR) is 137 cm³/mol. The maximum atomic E-state index is 15.2. The summed E-state index contributed by atoms with van der Waals surface area (Å²) in [7, 11) is 0. The van der Waals surface area contributed by atoms with Gasteiger partial charge in [0.05, 0.1) is 17.9 Å². The Bertz CT molecular complexity index is 1310. The van der Waals surface area contributed by atoms with Crippen LogP contribution in [0.25, 0.3) is 0 Å². The number of nitrogens with one attached hydrogen (secondary N) is 3. The summed E-state index contributed by atoms with van der Waals surface area (Å²) >= 11 is 0. The molecule has 5 N–H and O–H groups in total. The minimum Gasteiger partial charge on any atom is -0.389 e. The van der Waals surface area contributed by atoms with E-state index in [2.05, 4.69) is 35.7 Å². The van der Waals surface area contributed by atoms with Gasteiger partial charge in [0.15, 0.2) is 5.82 Å². The Hall–Kier alpha value is -3.29. The maximum Gasteiger partial charge on any atom is 0.421 e. The van der Waals surface area contributed by atoms with Crippen LogP contribution in [0.1, 0.15) is 54.0 Å². The van der Waals surface area contributed by atoms with E-state index >= 15 is 4.39 Å². The molecule has 210 valence electrons. The number of anilines is 4. The number of aryl methyl sites for hydroxylation is 2. The first-order chi connectivity index (χ1) is 18.5. The van der Waals surface area contributed by atoms with E-state index in [9.17, 15) is 23.4 Å². The van der Waals surface area contributed by atoms with E-state index in [1.807, 2.05) is 6.92 Å². The Morgan fingerprint density at radius 2 is 1.69 bits per heavy atom. The lowest BCUT2D eigenvalue weighted by Crippen LogP contribution is -2.37. The maximum absolute atomic E-state index is 15.2. The summed E-state index contributed by atoms with van der Waals surface area (Å²) < 4.78 is 55.8. The van der Waals surface area contributed by atoms with Gasteiger partial charge in [-0.2, -0.15) is 23.3 Å². The molecule has 13 heteroatoms. The molecule has 5 rings (SSSR count). The lowest BCUT2D eigenvalue weighted by Gasteiger charge is -2.35. The lowest BCUT2D eigenvalue weighted by atomic mass is 9.79. The first-order valence-electron chi connectivity index (χ1n) is 12.9. The van der Waals surface area contributed by atoms with E-state index in [4.69, 9.17) is 0 Å². The van der Waals surface area contributed by atoms with Crippen molar-refractivity contribution < 1.29 is 27.8 Å². The second-order valence-electron chi connectivity index (χ2n) is 10.4. The molecule has 2 fully saturated rings. The van der Waals surface area contributed by atoms with E-state index in [1.165, 1.54) is 12.1 Å². The zero-order valence-corrected chi connectivity index (χ0v) is 21.6. The van der Waals surface area contributed by atoms with Gasteiger partial charge in [0.2, 0.25) is 5.95 Å². The highest BCUT2D eigenvalue weighted by molar-refractivity contribution is 5.62. The Morgan fingerprint density at radius 1 is 1.00 bits per heavy atom. The van der Waals surface area contributed by atoms with Crippen LogP contribution in [0, 0.1) is 19.7 Å². The molecule has 0 spiro atoms. The van der Waals surface area contributed by atoms with E-state index in [-0.39, 0.29) is 29.4 Å². The molecule has 3 heterocycles. The smallest absolute Gasteiger partial charge is 0.389 e. The second-order valence-corrected chi connectivity index (χ2v) is 10.4. The fourth-order valence-electron chi connectivity index (χ4n) is 5.55. The van der Waals surface area contributed by atoms with Gasteiger partial charge in [0.1, 0.15) is 17.2 Å². The van der Waals surface area contributed by atoms with Gasteiger partial charge in [-0.3, -0.25) is 10.00 Å². The quantitative estimate of drug-likeness (QED) is 0.285. The van der Waals surface area contributed by atoms with Crippen molar-refractivity contribution in [2.45, 2.75) is 69.9 Å². The molecule has 3 aromatic rings. The van der Waals surface area contributed by atoms with Crippen molar-refractivity contribution in [1.29, 1.82) is 0 Å². The topological polar surface area (TPSA) is 122 Å². The van der Waals surface area contributed by atoms with Crippen molar-refractivity contribution in [1.82, 2.24) is 25.1 Å². The van der Waals surface area contributed by atoms with Gasteiger partial charge >= 0.3 is 6.18 Å². The number of likely N-dealkylation sites (tertiary alicyclic amines) is 1. The summed E-state index contributed by atoms with van der Waals surface area (Å²) in [6, 6.07) is 4.91. The summed E-state index contributed by atoms with van der Waals surface area (Å²) in [6.45, 7) is 4.52. The number of rotatable bonds is 6. The molecule has 39 heavy (non-hydrogen) atoms. The molecule has 9 nitrogen and oxygen atoms in total. The van der Waals surface area contributed by atoms with Gasteiger partial charge in [0, 0.05) is 37.1 Å². The van der Waals surface area contributed by atoms with Crippen LogP contribution >= 0.6 is 0 Å². The van der Waals surface area contributed by atoms with Crippen molar-refractivity contribution in [2.75, 3.05) is 23.7 Å². The Balaban J connectivity index is 1.30. The average Bonchev–Trinajstić information content (AvgIpc) is 3.44. The van der Waals surface area contributed by atoms with Crippen molar-refractivity contribution in [3.05, 3.63) is 52.6 Å². The van der Waals surface area contributed by atoms with Gasteiger partial charge in [-0.15, -0.1) is 0 Å². The number of β-amino-alcohol motifs (C(OH)–C–C–N with tert-alkyl or cyclic N) is 2. The average molecular weight is 550 g/mol. The fraction of sp³-hybridized carbons (Fsp3) is 0.500. The number of aromatic amines is 1. The molecular weight excluding hydrogens is 518 g/mol. The van der Waals surface area contributed by atoms with E-state index in [1.54, 1.807) is 13.0 Å². The number of aliphatic hydroxyl groups excluding tert-OH is 2. The van der Waals surface area contributed by atoms with Crippen LogP contribution < -0.4 is 10.6 Å². The van der Waals surface area contributed by atoms with Crippen molar-refractivity contribution in [3.63, 3.8) is 0 Å². The third-order valence-electron chi connectivity index (χ3n) is 7.59. The number of H-pyrrole nitrogens is 1. The molecule has 1 aliphatic carbocycles. The molecule has 2 aliphatic rings. The fourth-order valence-corrected chi connectivity index (χ4v) is 5.55. The summed E-state index contributed by atoms with van der Waals surface area (Å²) in [5.41, 5.74) is 1.38. The summed E-state index contributed by atoms with van der Waals surface area (Å²) in [5, 5.41) is 31.5. The van der Waals surface area contributed by atoms with Gasteiger partial charge in [-0.25, -0.2) is 9.37 Å². The molecule has 1 saturated heterocycles. The Morgan fingerprint density at radius 3 is 2.31 bits per heavy atom. The highest BCUT2D eigenvalue weighted by Crippen LogP contribution is 2.39. The highest BCUT2D eigenvalue weighted by Gasteiger charge is 2.37. The minimum absolute atomic E-state index is 0.0614. The molecular formula is C26H31F4N7O2. The Labute approximate surface area is 222 Å². The predicted octanol–water partition coefficient (Wildman–Crippen LogP) is 4.53. The largest absolute Gasteiger partial charge is 0.421 e. The minimum atomic E-state index is -4.71. The first kappa shape index (κ1) is 27.3. The number of alkyl halides is 3. The number of aliphatic hydroxyl groups is 2. The molecule has 1 aliphatic heterocycles. The lowest BCUT2D eigenvalue weighted by molar-refractivity contribution is -0.137. The van der Waals surface area contributed by atoms with Crippen LogP contribution in [-0.4, -0.2) is 66.6 Å². The molecule has 2 aromatic heterocycles. The SMILES string of the molecule is Cc1cc(Nc2nc(Nc3cc(C)c([C@H]4CC[C@H](N5C[C@H](O)[C@@H](O)C5)CC4)cc3F)ncc2C(F)(F)F)n[nH]1. The first-order valence-corrected chi connectivity index (χ1v) is 12.9. The van der Waals surface area contributed by atoms with Crippen LogP contribution in [0.2, 0.25) is 0 Å². The van der Waals surface area contributed by atoms with Gasteiger partial charge < -0.3 is 20.8 Å². The monoisotopic (exact) mass is 549 g/mol. The van der Waals surface area contributed by atoms with Gasteiger partial charge in [0.25, 0.3) is 0 Å². The van der Waals surface area contributed by atoms with Crippen LogP contribution in [0.3, 0.4) is 0 Å². The Kier molecular flexibility index (Phi) is 7.49. The number of aromatic nitrogens is 4. The number of benzene rings is 1. The molecule has 0 radical (unpaired) electrons. The summed E-state index contributed by atoms with van der Waals surface area (Å²) in [5.74, 6) is -0.933. The van der Waals surface area contributed by atoms with E-state index in [0.29, 0.717) is 25.0 Å². The van der Waals surface area contributed by atoms with Crippen LogP contribution in [-0.2, 0) is 6.18 Å². The zero-order valence-electron chi connectivity index (χ0n) is 21.6. The molecule has 0 bridgehead atoms. The summed E-state index contributed by atoms with van der Waals surface area (Å²) in [6.07, 6.45) is -2.01. The van der Waals surface area contributed by atoms with Gasteiger partial charge in [-0.1, -0.05) is 0 Å². The number of hydrogen-bond acceptors (Lipinski definition) is 8. The highest BCUT2D eigenvalue weighted by atomic mass is 19.4. The third kappa shape index (κ3) is 5.99. The second kappa shape index (κ2) is 10.7. The molecule has 1 saturated carbocycles. The van der Waals surface area contributed by atoms with Crippen LogP contribution in [0.4, 0.5) is 40.8 Å². The van der Waals surface area contributed by atoms with E-state index < -0.39 is 35.6 Å². The third-order valence-corrected chi connectivity index (χ3v) is 7.59. The summed E-state index contributed by atoms with van der Waals surface area (Å²) in [4.78, 5) is 9.87. The standard InChI is InChI=1S/C26H31F4N7O2/c1-13-7-20(19(27)9-17(13)15-3-5-16(6-4-15)37-11-21(38)22(39)12-37)32-25-31-10-18(26(28,29)30)24(34-25)33-23-8-14(2)35-36-23/h7-10,15-16,21-22,38-39H,3-6,11-12H2,1-2H3,(H3,31,32,33,34,35,36)/t15-,16-,21-,22-/m0/s1. The normalized spacial score (nSPS) is 24.2. The van der Waals surface area contributed by atoms with Gasteiger partial charge in [-0.05, 0) is 68.7 Å². The number of nitrogens with zero attached hydrogens (tertiary/aromatic N) is 4. The van der Waals surface area contributed by atoms with Crippen molar-refractivity contribution in [2.24, 2.45) is 0 Å². The molecule has 0 unspecified atom stereocenters.